The van der Waals surface area contributed by atoms with Crippen molar-refractivity contribution in [3.8, 4) is 5.75 Å². The fourth-order valence-corrected chi connectivity index (χ4v) is 3.05. The number of hydrogen-bond donors (Lipinski definition) is 2. The quantitative estimate of drug-likeness (QED) is 0.713. The first-order valence-corrected chi connectivity index (χ1v) is 8.98. The van der Waals surface area contributed by atoms with Gasteiger partial charge in [0, 0.05) is 17.1 Å². The monoisotopic (exact) mass is 377 g/mol. The summed E-state index contributed by atoms with van der Waals surface area (Å²) in [5.74, 6) is 0.0982. The highest BCUT2D eigenvalue weighted by Crippen LogP contribution is 2.22. The number of fused-ring (bicyclic) bond motifs is 1. The van der Waals surface area contributed by atoms with Crippen LogP contribution in [-0.2, 0) is 4.79 Å². The Balaban J connectivity index is 1.71. The number of amides is 2. The van der Waals surface area contributed by atoms with E-state index in [1.54, 1.807) is 20.1 Å². The van der Waals surface area contributed by atoms with Crippen molar-refractivity contribution in [2.75, 3.05) is 19.0 Å². The third-order valence-corrected chi connectivity index (χ3v) is 4.62. The highest BCUT2D eigenvalue weighted by atomic mass is 16.5. The fraction of sp³-hybridized carbons (Fsp3) is 0.227. The standard InChI is InChI=1S/C22H23N3O3/c1-13-6-5-7-14(2)21(13)25-20(26)12-23-22(27)18-10-16-8-9-17(28-4)11-19(16)24-15(18)3/h5-11H,12H2,1-4H3,(H,23,27)(H,25,26). The minimum absolute atomic E-state index is 0.118. The van der Waals surface area contributed by atoms with E-state index in [0.717, 1.165) is 27.7 Å². The molecule has 144 valence electrons. The van der Waals surface area contributed by atoms with E-state index < -0.39 is 0 Å². The van der Waals surface area contributed by atoms with Crippen LogP contribution in [0.5, 0.6) is 5.75 Å². The second kappa shape index (κ2) is 8.08. The number of aromatic nitrogens is 1. The van der Waals surface area contributed by atoms with Gasteiger partial charge in [-0.05, 0) is 50.1 Å². The van der Waals surface area contributed by atoms with Crippen LogP contribution < -0.4 is 15.4 Å². The van der Waals surface area contributed by atoms with E-state index in [0.29, 0.717) is 17.0 Å². The van der Waals surface area contributed by atoms with Crippen LogP contribution in [0.25, 0.3) is 10.9 Å². The van der Waals surface area contributed by atoms with Crippen molar-refractivity contribution in [3.63, 3.8) is 0 Å². The Morgan fingerprint density at radius 1 is 1.04 bits per heavy atom. The van der Waals surface area contributed by atoms with Gasteiger partial charge in [-0.3, -0.25) is 14.6 Å². The first kappa shape index (κ1) is 19.4. The lowest BCUT2D eigenvalue weighted by molar-refractivity contribution is -0.115. The lowest BCUT2D eigenvalue weighted by Gasteiger charge is -2.12. The molecule has 1 heterocycles. The Labute approximate surface area is 163 Å². The maximum absolute atomic E-state index is 12.6. The number of methoxy groups -OCH3 is 1. The van der Waals surface area contributed by atoms with Crippen LogP contribution in [-0.4, -0.2) is 30.5 Å². The zero-order valence-corrected chi connectivity index (χ0v) is 16.4. The maximum Gasteiger partial charge on any atom is 0.253 e. The number of nitrogens with zero attached hydrogens (tertiary/aromatic N) is 1. The molecule has 2 amide bonds. The van der Waals surface area contributed by atoms with E-state index in [1.807, 2.05) is 50.2 Å². The van der Waals surface area contributed by atoms with E-state index in [4.69, 9.17) is 4.74 Å². The molecule has 6 nitrogen and oxygen atoms in total. The maximum atomic E-state index is 12.6. The lowest BCUT2D eigenvalue weighted by atomic mass is 10.1. The van der Waals surface area contributed by atoms with Crippen LogP contribution in [0.15, 0.2) is 42.5 Å². The van der Waals surface area contributed by atoms with Gasteiger partial charge in [-0.1, -0.05) is 18.2 Å². The second-order valence-electron chi connectivity index (χ2n) is 6.68. The minimum atomic E-state index is -0.334. The molecule has 0 spiro atoms. The molecule has 0 aliphatic carbocycles. The molecule has 2 N–H and O–H groups in total. The molecular weight excluding hydrogens is 354 g/mol. The topological polar surface area (TPSA) is 80.3 Å². The average molecular weight is 377 g/mol. The van der Waals surface area contributed by atoms with Gasteiger partial charge in [0.05, 0.1) is 30.4 Å². The molecule has 0 atom stereocenters. The van der Waals surface area contributed by atoms with Crippen LogP contribution in [0, 0.1) is 20.8 Å². The third-order valence-electron chi connectivity index (χ3n) is 4.62. The molecule has 2 aromatic carbocycles. The van der Waals surface area contributed by atoms with Crippen LogP contribution in [0.2, 0.25) is 0 Å². The zero-order valence-electron chi connectivity index (χ0n) is 16.4. The number of hydrogen-bond acceptors (Lipinski definition) is 4. The summed E-state index contributed by atoms with van der Waals surface area (Å²) in [6.07, 6.45) is 0. The highest BCUT2D eigenvalue weighted by molar-refractivity contribution is 6.02. The van der Waals surface area contributed by atoms with Gasteiger partial charge in [0.25, 0.3) is 5.91 Å². The van der Waals surface area contributed by atoms with Crippen molar-refractivity contribution >= 4 is 28.4 Å². The molecular formula is C22H23N3O3. The van der Waals surface area contributed by atoms with E-state index in [9.17, 15) is 9.59 Å². The molecule has 0 aliphatic rings. The first-order valence-electron chi connectivity index (χ1n) is 8.98. The van der Waals surface area contributed by atoms with E-state index in [2.05, 4.69) is 15.6 Å². The number of carbonyl (C=O) groups is 2. The van der Waals surface area contributed by atoms with Crippen molar-refractivity contribution in [2.24, 2.45) is 0 Å². The number of rotatable bonds is 5. The number of carbonyl (C=O) groups excluding carboxylic acids is 2. The molecule has 0 saturated carbocycles. The summed E-state index contributed by atoms with van der Waals surface area (Å²) in [6.45, 7) is 5.51. The molecule has 0 aliphatic heterocycles. The lowest BCUT2D eigenvalue weighted by Crippen LogP contribution is -2.33. The normalized spacial score (nSPS) is 10.6. The zero-order chi connectivity index (χ0) is 20.3. The van der Waals surface area contributed by atoms with Gasteiger partial charge in [-0.2, -0.15) is 0 Å². The molecule has 0 saturated heterocycles. The fourth-order valence-electron chi connectivity index (χ4n) is 3.05. The average Bonchev–Trinajstić information content (AvgIpc) is 2.68. The number of aryl methyl sites for hydroxylation is 3. The number of pyridine rings is 1. The number of benzene rings is 2. The van der Waals surface area contributed by atoms with Gasteiger partial charge in [-0.25, -0.2) is 0 Å². The summed E-state index contributed by atoms with van der Waals surface area (Å²) in [7, 11) is 1.60. The number of ether oxygens (including phenoxy) is 1. The predicted molar refractivity (Wildman–Crippen MR) is 110 cm³/mol. The van der Waals surface area contributed by atoms with Crippen LogP contribution in [0.4, 0.5) is 5.69 Å². The van der Waals surface area contributed by atoms with Crippen molar-refractivity contribution in [2.45, 2.75) is 20.8 Å². The Morgan fingerprint density at radius 2 is 1.75 bits per heavy atom. The van der Waals surface area contributed by atoms with Crippen LogP contribution in [0.1, 0.15) is 27.2 Å². The second-order valence-corrected chi connectivity index (χ2v) is 6.68. The van der Waals surface area contributed by atoms with Crippen molar-refractivity contribution < 1.29 is 14.3 Å². The molecule has 3 rings (SSSR count). The summed E-state index contributed by atoms with van der Waals surface area (Å²) in [6, 6.07) is 13.1. The third kappa shape index (κ3) is 4.11. The van der Waals surface area contributed by atoms with E-state index >= 15 is 0 Å². The van der Waals surface area contributed by atoms with Crippen molar-refractivity contribution in [1.29, 1.82) is 0 Å². The van der Waals surface area contributed by atoms with Crippen molar-refractivity contribution in [1.82, 2.24) is 10.3 Å². The smallest absolute Gasteiger partial charge is 0.253 e. The van der Waals surface area contributed by atoms with Crippen LogP contribution in [0.3, 0.4) is 0 Å². The van der Waals surface area contributed by atoms with Gasteiger partial charge >= 0.3 is 0 Å². The summed E-state index contributed by atoms with van der Waals surface area (Å²) >= 11 is 0. The SMILES string of the molecule is COc1ccc2cc(C(=O)NCC(=O)Nc3c(C)cccc3C)c(C)nc2c1. The summed E-state index contributed by atoms with van der Waals surface area (Å²) < 4.78 is 5.21. The Morgan fingerprint density at radius 3 is 2.43 bits per heavy atom. The highest BCUT2D eigenvalue weighted by Gasteiger charge is 2.14. The summed E-state index contributed by atoms with van der Waals surface area (Å²) in [5, 5.41) is 6.36. The molecule has 0 radical (unpaired) electrons. The molecule has 3 aromatic rings. The number of anilines is 1. The van der Waals surface area contributed by atoms with Gasteiger partial charge in [0.2, 0.25) is 5.91 Å². The van der Waals surface area contributed by atoms with Gasteiger partial charge < -0.3 is 15.4 Å². The Kier molecular flexibility index (Phi) is 5.59. The molecule has 0 unspecified atom stereocenters. The molecule has 1 aromatic heterocycles. The Hall–Kier alpha value is -3.41. The summed E-state index contributed by atoms with van der Waals surface area (Å²) in [4.78, 5) is 29.3. The number of nitrogens with one attached hydrogen (secondary N) is 2. The minimum Gasteiger partial charge on any atom is -0.497 e. The van der Waals surface area contributed by atoms with Gasteiger partial charge in [-0.15, -0.1) is 0 Å². The van der Waals surface area contributed by atoms with Crippen LogP contribution >= 0.6 is 0 Å². The van der Waals surface area contributed by atoms with Gasteiger partial charge in [0.15, 0.2) is 0 Å². The number of para-hydroxylation sites is 1. The molecule has 6 heteroatoms. The summed E-state index contributed by atoms with van der Waals surface area (Å²) in [5.41, 5.74) is 4.51. The molecule has 0 fully saturated rings. The van der Waals surface area contributed by atoms with E-state index in [-0.39, 0.29) is 18.4 Å². The van der Waals surface area contributed by atoms with Crippen molar-refractivity contribution in [3.05, 3.63) is 64.8 Å². The van der Waals surface area contributed by atoms with Gasteiger partial charge in [0.1, 0.15) is 5.75 Å². The Bertz CT molecular complexity index is 1040. The molecule has 28 heavy (non-hydrogen) atoms. The molecule has 0 bridgehead atoms. The first-order chi connectivity index (χ1) is 13.4. The predicted octanol–water partition coefficient (Wildman–Crippen LogP) is 3.54. The van der Waals surface area contributed by atoms with E-state index in [1.165, 1.54) is 0 Å². The largest absolute Gasteiger partial charge is 0.497 e.